The summed E-state index contributed by atoms with van der Waals surface area (Å²) in [5, 5.41) is 5.59. The number of halogens is 1. The van der Waals surface area contributed by atoms with E-state index in [9.17, 15) is 14.4 Å². The van der Waals surface area contributed by atoms with E-state index in [4.69, 9.17) is 22.1 Å². The van der Waals surface area contributed by atoms with Crippen molar-refractivity contribution in [1.29, 1.82) is 0 Å². The topological polar surface area (TPSA) is 111 Å². The molecule has 0 spiro atoms. The van der Waals surface area contributed by atoms with Gasteiger partial charge in [0, 0.05) is 11.3 Å². The molecule has 0 fully saturated rings. The van der Waals surface area contributed by atoms with Gasteiger partial charge in [-0.05, 0) is 55.3 Å². The quantitative estimate of drug-likeness (QED) is 0.612. The van der Waals surface area contributed by atoms with Crippen LogP contribution in [0.2, 0.25) is 5.02 Å². The van der Waals surface area contributed by atoms with Crippen LogP contribution in [0, 0.1) is 5.92 Å². The number of nitrogens with one attached hydrogen (secondary N) is 2. The Morgan fingerprint density at radius 2 is 1.76 bits per heavy atom. The van der Waals surface area contributed by atoms with Crippen molar-refractivity contribution in [3.05, 3.63) is 58.6 Å². The summed E-state index contributed by atoms with van der Waals surface area (Å²) in [5.74, 6) is -0.928. The number of hydrogen-bond acceptors (Lipinski definition) is 4. The zero-order valence-electron chi connectivity index (χ0n) is 16.5. The predicted octanol–water partition coefficient (Wildman–Crippen LogP) is 3.23. The first kappa shape index (κ1) is 22.2. The van der Waals surface area contributed by atoms with E-state index in [1.807, 2.05) is 20.8 Å². The van der Waals surface area contributed by atoms with Crippen molar-refractivity contribution < 1.29 is 19.1 Å². The highest BCUT2D eigenvalue weighted by Crippen LogP contribution is 2.21. The minimum Gasteiger partial charge on any atom is -0.494 e. The van der Waals surface area contributed by atoms with Gasteiger partial charge in [-0.1, -0.05) is 25.4 Å². The van der Waals surface area contributed by atoms with Gasteiger partial charge >= 0.3 is 0 Å². The summed E-state index contributed by atoms with van der Waals surface area (Å²) in [6, 6.07) is 10.3. The molecule has 2 aromatic carbocycles. The summed E-state index contributed by atoms with van der Waals surface area (Å²) in [6.45, 7) is 6.06. The molecular formula is C21H24ClN3O4. The molecule has 3 amide bonds. The molecule has 0 aliphatic carbocycles. The maximum atomic E-state index is 12.7. The monoisotopic (exact) mass is 417 g/mol. The molecule has 7 nitrogen and oxygen atoms in total. The Morgan fingerprint density at radius 1 is 1.10 bits per heavy atom. The van der Waals surface area contributed by atoms with Crippen LogP contribution in [0.1, 0.15) is 41.5 Å². The van der Waals surface area contributed by atoms with Gasteiger partial charge in [-0.15, -0.1) is 0 Å². The normalized spacial score (nSPS) is 11.6. The van der Waals surface area contributed by atoms with Crippen molar-refractivity contribution in [2.45, 2.75) is 26.8 Å². The van der Waals surface area contributed by atoms with E-state index < -0.39 is 17.9 Å². The number of carbonyl (C=O) groups excluding carboxylic acids is 3. The van der Waals surface area contributed by atoms with E-state index in [-0.39, 0.29) is 22.4 Å². The third kappa shape index (κ3) is 5.96. The highest BCUT2D eigenvalue weighted by atomic mass is 35.5. The molecule has 0 aliphatic rings. The number of hydrogen-bond donors (Lipinski definition) is 3. The summed E-state index contributed by atoms with van der Waals surface area (Å²) >= 11 is 6.02. The largest absolute Gasteiger partial charge is 0.494 e. The minimum atomic E-state index is -0.774. The lowest BCUT2D eigenvalue weighted by Crippen LogP contribution is -2.47. The van der Waals surface area contributed by atoms with Crippen molar-refractivity contribution in [1.82, 2.24) is 5.32 Å². The van der Waals surface area contributed by atoms with Crippen molar-refractivity contribution >= 4 is 35.0 Å². The van der Waals surface area contributed by atoms with Crippen LogP contribution < -0.4 is 21.1 Å². The average Bonchev–Trinajstić information content (AvgIpc) is 2.66. The molecule has 1 unspecified atom stereocenters. The van der Waals surface area contributed by atoms with Crippen LogP contribution >= 0.6 is 11.6 Å². The molecule has 4 N–H and O–H groups in total. The summed E-state index contributed by atoms with van der Waals surface area (Å²) in [6.07, 6.45) is 0. The number of carbonyl (C=O) groups is 3. The van der Waals surface area contributed by atoms with E-state index >= 15 is 0 Å². The predicted molar refractivity (Wildman–Crippen MR) is 112 cm³/mol. The second-order valence-electron chi connectivity index (χ2n) is 6.70. The lowest BCUT2D eigenvalue weighted by atomic mass is 10.0. The Balaban J connectivity index is 2.10. The molecule has 154 valence electrons. The number of amides is 3. The van der Waals surface area contributed by atoms with E-state index in [2.05, 4.69) is 10.6 Å². The molecule has 0 radical (unpaired) electrons. The molecule has 0 aliphatic heterocycles. The van der Waals surface area contributed by atoms with E-state index in [0.717, 1.165) is 0 Å². The van der Waals surface area contributed by atoms with E-state index in [0.29, 0.717) is 23.6 Å². The second-order valence-corrected chi connectivity index (χ2v) is 7.11. The van der Waals surface area contributed by atoms with Crippen LogP contribution in [-0.4, -0.2) is 30.4 Å². The van der Waals surface area contributed by atoms with Crippen molar-refractivity contribution in [3.8, 4) is 5.75 Å². The molecule has 0 heterocycles. The Morgan fingerprint density at radius 3 is 2.28 bits per heavy atom. The fourth-order valence-corrected chi connectivity index (χ4v) is 2.92. The maximum Gasteiger partial charge on any atom is 0.251 e. The van der Waals surface area contributed by atoms with Crippen LogP contribution in [0.25, 0.3) is 0 Å². The van der Waals surface area contributed by atoms with Crippen LogP contribution in [-0.2, 0) is 4.79 Å². The lowest BCUT2D eigenvalue weighted by Gasteiger charge is -2.22. The summed E-state index contributed by atoms with van der Waals surface area (Å²) in [7, 11) is 0. The van der Waals surface area contributed by atoms with E-state index in [1.165, 1.54) is 18.2 Å². The summed E-state index contributed by atoms with van der Waals surface area (Å²) < 4.78 is 5.36. The zero-order valence-corrected chi connectivity index (χ0v) is 17.2. The maximum absolute atomic E-state index is 12.7. The molecule has 1 atom stereocenters. The SMILES string of the molecule is CCOc1ccc(C(=O)NC(C(=O)Nc2ccc(C(N)=O)c(Cl)c2)C(C)C)cc1. The highest BCUT2D eigenvalue weighted by molar-refractivity contribution is 6.34. The number of ether oxygens (including phenoxy) is 1. The zero-order chi connectivity index (χ0) is 21.6. The molecule has 0 saturated carbocycles. The van der Waals surface area contributed by atoms with Gasteiger partial charge < -0.3 is 21.1 Å². The summed E-state index contributed by atoms with van der Waals surface area (Å²) in [5.41, 5.74) is 6.20. The van der Waals surface area contributed by atoms with Crippen LogP contribution in [0.4, 0.5) is 5.69 Å². The van der Waals surface area contributed by atoms with Gasteiger partial charge in [-0.25, -0.2) is 0 Å². The number of benzene rings is 2. The van der Waals surface area contributed by atoms with Crippen LogP contribution in [0.15, 0.2) is 42.5 Å². The van der Waals surface area contributed by atoms with Crippen molar-refractivity contribution in [2.24, 2.45) is 11.7 Å². The molecule has 29 heavy (non-hydrogen) atoms. The average molecular weight is 418 g/mol. The van der Waals surface area contributed by atoms with Gasteiger partial charge in [-0.3, -0.25) is 14.4 Å². The smallest absolute Gasteiger partial charge is 0.251 e. The standard InChI is InChI=1S/C21H24ClN3O4/c1-4-29-15-8-5-13(6-9-15)20(27)25-18(12(2)3)21(28)24-14-7-10-16(19(23)26)17(22)11-14/h5-12,18H,4H2,1-3H3,(H2,23,26)(H,24,28)(H,25,27). The van der Waals surface area contributed by atoms with Gasteiger partial charge in [0.2, 0.25) is 11.8 Å². The fourth-order valence-electron chi connectivity index (χ4n) is 2.64. The van der Waals surface area contributed by atoms with Crippen LogP contribution in [0.5, 0.6) is 5.75 Å². The van der Waals surface area contributed by atoms with Crippen molar-refractivity contribution in [3.63, 3.8) is 0 Å². The first-order valence-electron chi connectivity index (χ1n) is 9.16. The first-order valence-corrected chi connectivity index (χ1v) is 9.54. The first-order chi connectivity index (χ1) is 13.7. The minimum absolute atomic E-state index is 0.134. The molecule has 0 aromatic heterocycles. The van der Waals surface area contributed by atoms with Gasteiger partial charge in [0.25, 0.3) is 5.91 Å². The van der Waals surface area contributed by atoms with Gasteiger partial charge in [0.1, 0.15) is 11.8 Å². The number of anilines is 1. The lowest BCUT2D eigenvalue weighted by molar-refractivity contribution is -0.118. The number of nitrogens with two attached hydrogens (primary N) is 1. The Hall–Kier alpha value is -3.06. The molecule has 0 saturated heterocycles. The van der Waals surface area contributed by atoms with Gasteiger partial charge in [0.15, 0.2) is 0 Å². The van der Waals surface area contributed by atoms with Crippen LogP contribution in [0.3, 0.4) is 0 Å². The Labute approximate surface area is 174 Å². The molecule has 0 bridgehead atoms. The number of primary amides is 1. The Kier molecular flexibility index (Phi) is 7.61. The Bertz CT molecular complexity index is 897. The molecule has 2 rings (SSSR count). The third-order valence-corrected chi connectivity index (χ3v) is 4.48. The fraction of sp³-hybridized carbons (Fsp3) is 0.286. The second kappa shape index (κ2) is 9.93. The molecule has 8 heteroatoms. The van der Waals surface area contributed by atoms with Crippen molar-refractivity contribution in [2.75, 3.05) is 11.9 Å². The number of rotatable bonds is 8. The highest BCUT2D eigenvalue weighted by Gasteiger charge is 2.25. The molecule has 2 aromatic rings. The summed E-state index contributed by atoms with van der Waals surface area (Å²) in [4.78, 5) is 36.5. The molecular weight excluding hydrogens is 394 g/mol. The van der Waals surface area contributed by atoms with E-state index in [1.54, 1.807) is 24.3 Å². The van der Waals surface area contributed by atoms with Gasteiger partial charge in [0.05, 0.1) is 17.2 Å². The van der Waals surface area contributed by atoms with Gasteiger partial charge in [-0.2, -0.15) is 0 Å². The third-order valence-electron chi connectivity index (χ3n) is 4.17.